The third kappa shape index (κ3) is 4.31. The van der Waals surface area contributed by atoms with Gasteiger partial charge >= 0.3 is 6.03 Å². The molecule has 8 heteroatoms. The van der Waals surface area contributed by atoms with E-state index in [0.717, 1.165) is 24.1 Å². The van der Waals surface area contributed by atoms with Crippen molar-refractivity contribution in [2.45, 2.75) is 52.0 Å². The van der Waals surface area contributed by atoms with Gasteiger partial charge in [0.05, 0.1) is 12.3 Å². The molecule has 1 aromatic heterocycles. The average molecular weight is 399 g/mol. The molecule has 154 valence electrons. The normalized spacial score (nSPS) is 21.1. The second kappa shape index (κ2) is 8.31. The Morgan fingerprint density at radius 1 is 1.24 bits per heavy atom. The molecule has 1 fully saturated rings. The lowest BCUT2D eigenvalue weighted by atomic mass is 9.77. The number of hydrogen-bond donors (Lipinski definition) is 1. The van der Waals surface area contributed by atoms with Crippen LogP contribution in [0.15, 0.2) is 33.9 Å². The lowest BCUT2D eigenvalue weighted by molar-refractivity contribution is 0.187. The van der Waals surface area contributed by atoms with Gasteiger partial charge in [-0.2, -0.15) is 10.1 Å². The van der Waals surface area contributed by atoms with Crippen molar-refractivity contribution in [3.05, 3.63) is 47.4 Å². The van der Waals surface area contributed by atoms with Gasteiger partial charge in [0.1, 0.15) is 11.9 Å². The summed E-state index contributed by atoms with van der Waals surface area (Å²) in [7, 11) is 0. The molecule has 1 N–H and O–H groups in total. The van der Waals surface area contributed by atoms with E-state index in [4.69, 9.17) is 4.52 Å². The summed E-state index contributed by atoms with van der Waals surface area (Å²) in [6.07, 6.45) is 5.95. The number of nitrogens with one attached hydrogen (secondary N) is 1. The first kappa shape index (κ1) is 19.5. The second-order valence-electron chi connectivity index (χ2n) is 7.93. The van der Waals surface area contributed by atoms with E-state index < -0.39 is 6.04 Å². The quantitative estimate of drug-likeness (QED) is 0.835. The Balaban J connectivity index is 1.53. The summed E-state index contributed by atoms with van der Waals surface area (Å²) in [4.78, 5) is 17.0. The van der Waals surface area contributed by atoms with Gasteiger partial charge in [-0.05, 0) is 50.3 Å². The van der Waals surface area contributed by atoms with Crippen molar-refractivity contribution in [3.63, 3.8) is 0 Å². The van der Waals surface area contributed by atoms with Gasteiger partial charge in [0.25, 0.3) is 0 Å². The minimum Gasteiger partial charge on any atom is -0.337 e. The van der Waals surface area contributed by atoms with E-state index in [1.807, 2.05) is 0 Å². The van der Waals surface area contributed by atoms with E-state index in [2.05, 4.69) is 20.6 Å². The maximum atomic E-state index is 13.4. The monoisotopic (exact) mass is 399 g/mol. The molecule has 2 atom stereocenters. The standard InChI is InChI=1S/C21H26FN5O2/c1-13(20-24-14(2)26-29-20)23-21(28)27-12-18(15-6-4-3-5-7-15)19(25-27)16-8-10-17(22)11-9-16/h8-11,13,15,18H,3-7,12H2,1-2H3,(H,23,28)/t13-,18?/m1/s1. The number of rotatable bonds is 4. The first-order valence-corrected chi connectivity index (χ1v) is 10.2. The minimum absolute atomic E-state index is 0.160. The Hall–Kier alpha value is -2.77. The molecule has 29 heavy (non-hydrogen) atoms. The van der Waals surface area contributed by atoms with E-state index in [1.54, 1.807) is 26.0 Å². The Labute approximate surface area is 169 Å². The highest BCUT2D eigenvalue weighted by molar-refractivity contribution is 6.04. The van der Waals surface area contributed by atoms with Gasteiger partial charge in [-0.1, -0.05) is 36.6 Å². The molecule has 1 unspecified atom stereocenters. The van der Waals surface area contributed by atoms with Crippen molar-refractivity contribution in [3.8, 4) is 0 Å². The van der Waals surface area contributed by atoms with Crippen LogP contribution in [0.2, 0.25) is 0 Å². The van der Waals surface area contributed by atoms with Crippen molar-refractivity contribution in [2.24, 2.45) is 16.9 Å². The van der Waals surface area contributed by atoms with E-state index in [9.17, 15) is 9.18 Å². The molecule has 1 aromatic carbocycles. The largest absolute Gasteiger partial charge is 0.338 e. The molecular weight excluding hydrogens is 373 g/mol. The molecule has 7 nitrogen and oxygen atoms in total. The van der Waals surface area contributed by atoms with Crippen LogP contribution in [0.3, 0.4) is 0 Å². The number of carbonyl (C=O) groups is 1. The fourth-order valence-electron chi connectivity index (χ4n) is 4.26. The summed E-state index contributed by atoms with van der Waals surface area (Å²) in [5, 5.41) is 12.8. The topological polar surface area (TPSA) is 83.6 Å². The summed E-state index contributed by atoms with van der Waals surface area (Å²) in [5.41, 5.74) is 1.74. The fraction of sp³-hybridized carbons (Fsp3) is 0.524. The third-order valence-corrected chi connectivity index (χ3v) is 5.80. The predicted molar refractivity (Wildman–Crippen MR) is 106 cm³/mol. The lowest BCUT2D eigenvalue weighted by Crippen LogP contribution is -2.39. The molecule has 0 radical (unpaired) electrons. The van der Waals surface area contributed by atoms with Crippen LogP contribution < -0.4 is 5.32 Å². The van der Waals surface area contributed by atoms with Crippen molar-refractivity contribution in [2.75, 3.05) is 6.54 Å². The number of hydrogen-bond acceptors (Lipinski definition) is 5. The highest BCUT2D eigenvalue weighted by Crippen LogP contribution is 2.35. The van der Waals surface area contributed by atoms with E-state index in [1.165, 1.54) is 36.4 Å². The summed E-state index contributed by atoms with van der Waals surface area (Å²) in [6.45, 7) is 4.05. The second-order valence-corrected chi connectivity index (χ2v) is 7.93. The van der Waals surface area contributed by atoms with E-state index in [0.29, 0.717) is 24.2 Å². The SMILES string of the molecule is Cc1noc([C@@H](C)NC(=O)N2CC(C3CCCCC3)C(c3ccc(F)cc3)=N2)n1. The number of halogens is 1. The van der Waals surface area contributed by atoms with Crippen LogP contribution in [-0.2, 0) is 0 Å². The zero-order valence-corrected chi connectivity index (χ0v) is 16.8. The maximum Gasteiger partial charge on any atom is 0.338 e. The van der Waals surface area contributed by atoms with Crippen LogP contribution in [0.5, 0.6) is 0 Å². The van der Waals surface area contributed by atoms with Gasteiger partial charge < -0.3 is 9.84 Å². The number of aromatic nitrogens is 2. The number of aryl methyl sites for hydroxylation is 1. The van der Waals surface area contributed by atoms with Gasteiger partial charge in [0.2, 0.25) is 5.89 Å². The molecule has 1 aliphatic heterocycles. The van der Waals surface area contributed by atoms with Crippen LogP contribution in [0.4, 0.5) is 9.18 Å². The lowest BCUT2D eigenvalue weighted by Gasteiger charge is -2.28. The summed E-state index contributed by atoms with van der Waals surface area (Å²) >= 11 is 0. The van der Waals surface area contributed by atoms with Crippen molar-refractivity contribution >= 4 is 11.7 Å². The van der Waals surface area contributed by atoms with Crippen LogP contribution in [0.1, 0.15) is 62.3 Å². The molecule has 0 bridgehead atoms. The number of benzene rings is 1. The molecule has 4 rings (SSSR count). The van der Waals surface area contributed by atoms with Crippen LogP contribution >= 0.6 is 0 Å². The van der Waals surface area contributed by atoms with Gasteiger partial charge in [0.15, 0.2) is 5.82 Å². The fourth-order valence-corrected chi connectivity index (χ4v) is 4.26. The molecule has 2 aliphatic rings. The number of nitrogens with zero attached hydrogens (tertiary/aromatic N) is 4. The van der Waals surface area contributed by atoms with Gasteiger partial charge in [0, 0.05) is 5.92 Å². The Kier molecular flexibility index (Phi) is 5.60. The summed E-state index contributed by atoms with van der Waals surface area (Å²) < 4.78 is 18.5. The molecule has 1 saturated carbocycles. The summed E-state index contributed by atoms with van der Waals surface area (Å²) in [6, 6.07) is 5.66. The average Bonchev–Trinajstić information content (AvgIpc) is 3.36. The van der Waals surface area contributed by atoms with Gasteiger partial charge in [-0.15, -0.1) is 0 Å². The third-order valence-electron chi connectivity index (χ3n) is 5.80. The first-order valence-electron chi connectivity index (χ1n) is 10.2. The molecule has 0 spiro atoms. The van der Waals surface area contributed by atoms with Crippen LogP contribution in [0, 0.1) is 24.6 Å². The molecular formula is C21H26FN5O2. The zero-order valence-electron chi connectivity index (χ0n) is 16.8. The molecule has 1 aliphatic carbocycles. The van der Waals surface area contributed by atoms with Gasteiger partial charge in [-0.25, -0.2) is 14.2 Å². The van der Waals surface area contributed by atoms with E-state index in [-0.39, 0.29) is 17.8 Å². The first-order chi connectivity index (χ1) is 14.0. The molecule has 2 aromatic rings. The predicted octanol–water partition coefficient (Wildman–Crippen LogP) is 4.20. The zero-order chi connectivity index (χ0) is 20.4. The smallest absolute Gasteiger partial charge is 0.337 e. The summed E-state index contributed by atoms with van der Waals surface area (Å²) in [5.74, 6) is 1.26. The highest BCUT2D eigenvalue weighted by atomic mass is 19.1. The highest BCUT2D eigenvalue weighted by Gasteiger charge is 2.37. The van der Waals surface area contributed by atoms with Gasteiger partial charge in [-0.3, -0.25) is 0 Å². The Bertz CT molecular complexity index is 889. The minimum atomic E-state index is -0.415. The van der Waals surface area contributed by atoms with E-state index >= 15 is 0 Å². The molecule has 0 saturated heterocycles. The molecule has 2 heterocycles. The number of hydrazone groups is 1. The van der Waals surface area contributed by atoms with Crippen LogP contribution in [-0.4, -0.2) is 33.4 Å². The Morgan fingerprint density at radius 3 is 2.62 bits per heavy atom. The number of amides is 2. The Morgan fingerprint density at radius 2 is 1.97 bits per heavy atom. The molecule has 2 amide bonds. The maximum absolute atomic E-state index is 13.4. The van der Waals surface area contributed by atoms with Crippen LogP contribution in [0.25, 0.3) is 0 Å². The number of urea groups is 1. The van der Waals surface area contributed by atoms with Crippen molar-refractivity contribution < 1.29 is 13.7 Å². The van der Waals surface area contributed by atoms with Crippen molar-refractivity contribution in [1.82, 2.24) is 20.5 Å². The van der Waals surface area contributed by atoms with Crippen molar-refractivity contribution in [1.29, 1.82) is 0 Å². The number of carbonyl (C=O) groups excluding carboxylic acids is 1.